The maximum atomic E-state index is 13.2. The van der Waals surface area contributed by atoms with Gasteiger partial charge in [-0.05, 0) is 49.1 Å². The summed E-state index contributed by atoms with van der Waals surface area (Å²) in [4.78, 5) is 27.8. The Balaban J connectivity index is 1.88. The van der Waals surface area contributed by atoms with Crippen LogP contribution in [0, 0.1) is 6.92 Å². The molecule has 0 N–H and O–H groups in total. The van der Waals surface area contributed by atoms with Crippen LogP contribution in [0.1, 0.15) is 42.7 Å². The summed E-state index contributed by atoms with van der Waals surface area (Å²) in [5, 5.41) is 0.623. The molecule has 0 bridgehead atoms. The summed E-state index contributed by atoms with van der Waals surface area (Å²) in [5.74, 6) is -0.0510. The first-order chi connectivity index (χ1) is 13.0. The number of carbonyl (C=O) groups excluding carboxylic acids is 2. The molecule has 1 aliphatic heterocycles. The molecule has 1 amide bonds. The van der Waals surface area contributed by atoms with Crippen LogP contribution in [0.3, 0.4) is 0 Å². The highest BCUT2D eigenvalue weighted by molar-refractivity contribution is 9.10. The predicted octanol–water partition coefficient (Wildman–Crippen LogP) is 5.94. The quantitative estimate of drug-likeness (QED) is 0.575. The molecular weight excluding hydrogens is 426 g/mol. The zero-order chi connectivity index (χ0) is 19.1. The highest BCUT2D eigenvalue weighted by Crippen LogP contribution is 2.45. The number of aryl methyl sites for hydroxylation is 1. The van der Waals surface area contributed by atoms with E-state index < -0.39 is 0 Å². The van der Waals surface area contributed by atoms with Crippen LogP contribution in [-0.2, 0) is 9.59 Å². The molecule has 138 valence electrons. The van der Waals surface area contributed by atoms with Crippen LogP contribution in [0.4, 0.5) is 5.69 Å². The molecule has 1 aliphatic carbocycles. The molecule has 5 heteroatoms. The molecule has 2 aromatic carbocycles. The first kappa shape index (κ1) is 18.5. The second kappa shape index (κ2) is 7.25. The summed E-state index contributed by atoms with van der Waals surface area (Å²) in [6, 6.07) is 13.5. The molecular formula is C22H19BrClNO2. The standard InChI is InChI=1S/C22H19BrClNO2/c1-13-9-10-14(11-18(13)24)25-19-7-4-8-20(26)22(19)16(12-21(25)27)15-5-2-3-6-17(15)23/h2-3,5-6,9-11,16H,4,7-8,12H2,1H3. The average molecular weight is 445 g/mol. The molecule has 0 saturated heterocycles. The largest absolute Gasteiger partial charge is 0.294 e. The average Bonchev–Trinajstić information content (AvgIpc) is 2.64. The van der Waals surface area contributed by atoms with Crippen LogP contribution in [0.5, 0.6) is 0 Å². The minimum Gasteiger partial charge on any atom is -0.294 e. The SMILES string of the molecule is Cc1ccc(N2C(=O)CC(c3ccccc3Br)C3=C2CCCC3=O)cc1Cl. The van der Waals surface area contributed by atoms with Crippen molar-refractivity contribution in [2.24, 2.45) is 0 Å². The van der Waals surface area contributed by atoms with Gasteiger partial charge in [0.15, 0.2) is 5.78 Å². The summed E-state index contributed by atoms with van der Waals surface area (Å²) in [6.45, 7) is 1.93. The lowest BCUT2D eigenvalue weighted by molar-refractivity contribution is -0.119. The molecule has 27 heavy (non-hydrogen) atoms. The van der Waals surface area contributed by atoms with Crippen LogP contribution in [-0.4, -0.2) is 11.7 Å². The molecule has 0 spiro atoms. The molecule has 0 fully saturated rings. The normalized spacial score (nSPS) is 20.1. The third kappa shape index (κ3) is 3.26. The Bertz CT molecular complexity index is 982. The third-order valence-electron chi connectivity index (χ3n) is 5.37. The first-order valence-corrected chi connectivity index (χ1v) is 10.2. The molecule has 2 aromatic rings. The van der Waals surface area contributed by atoms with Gasteiger partial charge in [0.2, 0.25) is 5.91 Å². The summed E-state index contributed by atoms with van der Waals surface area (Å²) >= 11 is 9.89. The Morgan fingerprint density at radius 2 is 1.89 bits per heavy atom. The summed E-state index contributed by atoms with van der Waals surface area (Å²) in [7, 11) is 0. The van der Waals surface area contributed by atoms with Gasteiger partial charge in [0.25, 0.3) is 0 Å². The van der Waals surface area contributed by atoms with Gasteiger partial charge in [-0.15, -0.1) is 0 Å². The number of nitrogens with zero attached hydrogens (tertiary/aromatic N) is 1. The number of benzene rings is 2. The number of hydrogen-bond acceptors (Lipinski definition) is 2. The fourth-order valence-corrected chi connectivity index (χ4v) is 4.77. The van der Waals surface area contributed by atoms with Crippen LogP contribution in [0.2, 0.25) is 5.02 Å². The van der Waals surface area contributed by atoms with Crippen molar-refractivity contribution < 1.29 is 9.59 Å². The Hall–Kier alpha value is -1.91. The number of Topliss-reactive ketones (excluding diaryl/α,β-unsaturated/α-hetero) is 1. The second-order valence-corrected chi connectivity index (χ2v) is 8.34. The van der Waals surface area contributed by atoms with Crippen molar-refractivity contribution >= 4 is 44.9 Å². The predicted molar refractivity (Wildman–Crippen MR) is 111 cm³/mol. The van der Waals surface area contributed by atoms with Gasteiger partial charge in [-0.25, -0.2) is 0 Å². The fraction of sp³-hybridized carbons (Fsp3) is 0.273. The summed E-state index contributed by atoms with van der Waals surface area (Å²) < 4.78 is 0.930. The van der Waals surface area contributed by atoms with E-state index in [1.807, 2.05) is 49.4 Å². The molecule has 0 radical (unpaired) electrons. The maximum absolute atomic E-state index is 13.2. The molecule has 3 nitrogen and oxygen atoms in total. The van der Waals surface area contributed by atoms with Gasteiger partial charge >= 0.3 is 0 Å². The van der Waals surface area contributed by atoms with Crippen LogP contribution in [0.25, 0.3) is 0 Å². The third-order valence-corrected chi connectivity index (χ3v) is 6.50. The number of ketones is 1. The number of hydrogen-bond donors (Lipinski definition) is 0. The minimum atomic E-state index is -0.201. The van der Waals surface area contributed by atoms with E-state index >= 15 is 0 Å². The second-order valence-electron chi connectivity index (χ2n) is 7.08. The Labute approximate surface area is 172 Å². The zero-order valence-electron chi connectivity index (χ0n) is 15.0. The molecule has 1 heterocycles. The van der Waals surface area contributed by atoms with E-state index in [-0.39, 0.29) is 24.0 Å². The molecule has 0 aromatic heterocycles. The molecule has 1 atom stereocenters. The van der Waals surface area contributed by atoms with Gasteiger partial charge in [0.1, 0.15) is 0 Å². The Kier molecular flexibility index (Phi) is 4.95. The first-order valence-electron chi connectivity index (χ1n) is 9.07. The van der Waals surface area contributed by atoms with Crippen molar-refractivity contribution in [2.75, 3.05) is 4.90 Å². The van der Waals surface area contributed by atoms with Gasteiger partial charge in [-0.2, -0.15) is 0 Å². The van der Waals surface area contributed by atoms with Crippen LogP contribution >= 0.6 is 27.5 Å². The van der Waals surface area contributed by atoms with Crippen molar-refractivity contribution in [1.82, 2.24) is 0 Å². The topological polar surface area (TPSA) is 37.4 Å². The number of rotatable bonds is 2. The van der Waals surface area contributed by atoms with Crippen molar-refractivity contribution in [3.05, 3.63) is 74.4 Å². The number of halogens is 2. The van der Waals surface area contributed by atoms with Crippen LogP contribution in [0.15, 0.2) is 58.2 Å². The van der Waals surface area contributed by atoms with E-state index in [1.54, 1.807) is 4.90 Å². The lowest BCUT2D eigenvalue weighted by Gasteiger charge is -2.38. The summed E-state index contributed by atoms with van der Waals surface area (Å²) in [5.41, 5.74) is 4.32. The number of anilines is 1. The van der Waals surface area contributed by atoms with E-state index in [4.69, 9.17) is 11.6 Å². The molecule has 0 saturated carbocycles. The highest BCUT2D eigenvalue weighted by Gasteiger charge is 2.40. The zero-order valence-corrected chi connectivity index (χ0v) is 17.3. The van der Waals surface area contributed by atoms with Gasteiger partial charge in [-0.3, -0.25) is 14.5 Å². The number of allylic oxidation sites excluding steroid dienone is 2. The smallest absolute Gasteiger partial charge is 0.232 e. The van der Waals surface area contributed by atoms with E-state index in [9.17, 15) is 9.59 Å². The molecule has 2 aliphatic rings. The number of amides is 1. The monoisotopic (exact) mass is 443 g/mol. The number of carbonyl (C=O) groups is 2. The van der Waals surface area contributed by atoms with Crippen LogP contribution < -0.4 is 4.90 Å². The van der Waals surface area contributed by atoms with Gasteiger partial charge in [0, 0.05) is 39.5 Å². The maximum Gasteiger partial charge on any atom is 0.232 e. The van der Waals surface area contributed by atoms with Crippen molar-refractivity contribution in [3.8, 4) is 0 Å². The minimum absolute atomic E-state index is 0.00382. The molecule has 4 rings (SSSR count). The Morgan fingerprint density at radius 1 is 1.11 bits per heavy atom. The van der Waals surface area contributed by atoms with Crippen molar-refractivity contribution in [3.63, 3.8) is 0 Å². The van der Waals surface area contributed by atoms with Crippen molar-refractivity contribution in [2.45, 2.75) is 38.5 Å². The van der Waals surface area contributed by atoms with Gasteiger partial charge in [-0.1, -0.05) is 51.8 Å². The lowest BCUT2D eigenvalue weighted by atomic mass is 9.77. The van der Waals surface area contributed by atoms with E-state index in [0.29, 0.717) is 11.4 Å². The lowest BCUT2D eigenvalue weighted by Crippen LogP contribution is -2.40. The highest BCUT2D eigenvalue weighted by atomic mass is 79.9. The van der Waals surface area contributed by atoms with E-state index in [1.165, 1.54) is 0 Å². The summed E-state index contributed by atoms with van der Waals surface area (Å²) in [6.07, 6.45) is 2.30. The van der Waals surface area contributed by atoms with E-state index in [2.05, 4.69) is 15.9 Å². The van der Waals surface area contributed by atoms with E-state index in [0.717, 1.165) is 45.4 Å². The van der Waals surface area contributed by atoms with Crippen molar-refractivity contribution in [1.29, 1.82) is 0 Å². The fourth-order valence-electron chi connectivity index (χ4n) is 4.04. The van der Waals surface area contributed by atoms with Gasteiger partial charge < -0.3 is 0 Å². The Morgan fingerprint density at radius 3 is 2.63 bits per heavy atom. The van der Waals surface area contributed by atoms with Gasteiger partial charge in [0.05, 0.1) is 5.69 Å². The molecule has 1 unspecified atom stereocenters.